The molecule has 0 unspecified atom stereocenters. The number of quaternary nitrogens is 2. The third-order valence-corrected chi connectivity index (χ3v) is 5.37. The van der Waals surface area contributed by atoms with Gasteiger partial charge in [0.2, 0.25) is 0 Å². The minimum Gasteiger partial charge on any atom is -0.412 e. The first-order valence-corrected chi connectivity index (χ1v) is 11.6. The standard InChI is InChI=1S/2C8H20N.F6Si.2H2O/c2*1-5-9(6-2,7-3)8-4;1-7(2,3,4,5)6;;/h2*5-8H2,1-4H3;;2*1H2/q2*+1;-2;;. The van der Waals surface area contributed by atoms with Crippen LogP contribution < -0.4 is 0 Å². The molecule has 0 aromatic heterocycles. The van der Waals surface area contributed by atoms with Crippen LogP contribution in [0.1, 0.15) is 55.4 Å². The molecule has 0 atom stereocenters. The number of hydrogen-bond acceptors (Lipinski definition) is 0. The van der Waals surface area contributed by atoms with Crippen LogP contribution in [0.2, 0.25) is 0 Å². The van der Waals surface area contributed by atoms with E-state index in [2.05, 4.69) is 55.4 Å². The van der Waals surface area contributed by atoms with E-state index in [-0.39, 0.29) is 11.0 Å². The average molecular weight is 439 g/mol. The molecule has 4 N–H and O–H groups in total. The molecule has 0 aromatic carbocycles. The van der Waals surface area contributed by atoms with Gasteiger partial charge in [0.05, 0.1) is 52.4 Å². The van der Waals surface area contributed by atoms with Gasteiger partial charge >= 0.3 is 33.3 Å². The molecule has 0 saturated heterocycles. The van der Waals surface area contributed by atoms with E-state index in [9.17, 15) is 24.6 Å². The first-order valence-electron chi connectivity index (χ1n) is 9.32. The normalized spacial score (nSPS) is 14.0. The second kappa shape index (κ2) is 13.0. The van der Waals surface area contributed by atoms with Gasteiger partial charge < -0.3 is 19.9 Å². The van der Waals surface area contributed by atoms with Crippen LogP contribution in [0, 0.1) is 0 Å². The summed E-state index contributed by atoms with van der Waals surface area (Å²) in [6, 6.07) is 0. The molecule has 27 heavy (non-hydrogen) atoms. The van der Waals surface area contributed by atoms with Crippen molar-refractivity contribution in [2.75, 3.05) is 52.4 Å². The van der Waals surface area contributed by atoms with E-state index >= 15 is 0 Å². The van der Waals surface area contributed by atoms with Crippen molar-refractivity contribution in [3.8, 4) is 0 Å². The van der Waals surface area contributed by atoms with E-state index in [4.69, 9.17) is 0 Å². The maximum absolute atomic E-state index is 10.8. The van der Waals surface area contributed by atoms with Crippen LogP contribution in [0.3, 0.4) is 0 Å². The quantitative estimate of drug-likeness (QED) is 0.235. The molecule has 0 amide bonds. The van der Waals surface area contributed by atoms with Gasteiger partial charge in [-0.1, -0.05) is 0 Å². The van der Waals surface area contributed by atoms with Crippen LogP contribution in [-0.2, 0) is 0 Å². The van der Waals surface area contributed by atoms with Crippen molar-refractivity contribution < 1.29 is 44.6 Å². The summed E-state index contributed by atoms with van der Waals surface area (Å²) < 4.78 is 61.9. The predicted octanol–water partition coefficient (Wildman–Crippen LogP) is 4.26. The predicted molar refractivity (Wildman–Crippen MR) is 104 cm³/mol. The maximum Gasteiger partial charge on any atom is -0.412 e. The van der Waals surface area contributed by atoms with Crippen LogP contribution >= 0.6 is 0 Å². The molecule has 0 saturated carbocycles. The Labute approximate surface area is 161 Å². The van der Waals surface area contributed by atoms with Crippen molar-refractivity contribution in [1.29, 1.82) is 0 Å². The molecule has 11 heteroatoms. The van der Waals surface area contributed by atoms with Crippen LogP contribution in [0.4, 0.5) is 24.6 Å². The Morgan fingerprint density at radius 1 is 0.407 bits per heavy atom. The fraction of sp³-hybridized carbons (Fsp3) is 1.00. The molecule has 0 aliphatic heterocycles. The number of hydrogen-bond donors (Lipinski definition) is 0. The molecule has 0 bridgehead atoms. The van der Waals surface area contributed by atoms with Gasteiger partial charge in [-0.2, -0.15) is 0 Å². The number of halogens is 6. The smallest absolute Gasteiger partial charge is 0.412 e. The summed E-state index contributed by atoms with van der Waals surface area (Å²) in [5.41, 5.74) is 0. The van der Waals surface area contributed by atoms with Crippen LogP contribution in [-0.4, -0.2) is 80.9 Å². The second-order valence-corrected chi connectivity index (χ2v) is 8.43. The monoisotopic (exact) mass is 438 g/mol. The first-order chi connectivity index (χ1) is 10.9. The van der Waals surface area contributed by atoms with Crippen molar-refractivity contribution in [3.63, 3.8) is 0 Å². The van der Waals surface area contributed by atoms with Crippen molar-refractivity contribution in [2.45, 2.75) is 55.4 Å². The van der Waals surface area contributed by atoms with Crippen LogP contribution in [0.5, 0.6) is 0 Å². The molecule has 4 nitrogen and oxygen atoms in total. The summed E-state index contributed by atoms with van der Waals surface area (Å²) in [7, 11) is -10.8. The summed E-state index contributed by atoms with van der Waals surface area (Å²) in [6.45, 7) is 28.4. The molecule has 0 rings (SSSR count). The molecule has 176 valence electrons. The van der Waals surface area contributed by atoms with E-state index < -0.39 is 8.63 Å². The second-order valence-electron chi connectivity index (χ2n) is 6.28. The van der Waals surface area contributed by atoms with Crippen molar-refractivity contribution in [1.82, 2.24) is 0 Å². The van der Waals surface area contributed by atoms with E-state index in [0.29, 0.717) is 0 Å². The zero-order valence-corrected chi connectivity index (χ0v) is 19.3. The Bertz CT molecular complexity index is 278. The van der Waals surface area contributed by atoms with E-state index in [1.165, 1.54) is 61.3 Å². The SMILES string of the molecule is CC[N+](CC)(CC)CC.CC[N+](CC)(CC)CC.F[Si-2](F)(F)(F)(F)F.O.O. The van der Waals surface area contributed by atoms with Gasteiger partial charge in [0.1, 0.15) is 0 Å². The summed E-state index contributed by atoms with van der Waals surface area (Å²) in [4.78, 5) is 0. The molecule has 0 radical (unpaired) electrons. The summed E-state index contributed by atoms with van der Waals surface area (Å²) in [5.74, 6) is 0. The topological polar surface area (TPSA) is 63.0 Å². The molecule has 0 heterocycles. The minimum absolute atomic E-state index is 0. The van der Waals surface area contributed by atoms with Crippen molar-refractivity contribution in [2.24, 2.45) is 0 Å². The van der Waals surface area contributed by atoms with Crippen molar-refractivity contribution in [3.05, 3.63) is 0 Å². The van der Waals surface area contributed by atoms with Crippen LogP contribution in [0.15, 0.2) is 0 Å². The fourth-order valence-electron chi connectivity index (χ4n) is 2.68. The first kappa shape index (κ1) is 37.4. The maximum atomic E-state index is 9.88. The summed E-state index contributed by atoms with van der Waals surface area (Å²) in [5, 5.41) is 0. The van der Waals surface area contributed by atoms with E-state index in [0.717, 1.165) is 0 Å². The number of rotatable bonds is 8. The molecular formula is C16H44F6N2O2Si. The molecule has 0 fully saturated rings. The zero-order valence-electron chi connectivity index (χ0n) is 18.3. The van der Waals surface area contributed by atoms with Gasteiger partial charge in [-0.25, -0.2) is 0 Å². The molecule has 0 aromatic rings. The van der Waals surface area contributed by atoms with Gasteiger partial charge in [-0.3, -0.25) is 0 Å². The average Bonchev–Trinajstić information content (AvgIpc) is 2.51. The third kappa shape index (κ3) is 25.6. The van der Waals surface area contributed by atoms with Gasteiger partial charge in [0.25, 0.3) is 0 Å². The van der Waals surface area contributed by atoms with Gasteiger partial charge in [0.15, 0.2) is 0 Å². The van der Waals surface area contributed by atoms with Crippen LogP contribution in [0.25, 0.3) is 0 Å². The van der Waals surface area contributed by atoms with E-state index in [1.54, 1.807) is 0 Å². The van der Waals surface area contributed by atoms with Gasteiger partial charge in [-0.05, 0) is 55.4 Å². The molecule has 0 spiro atoms. The largest absolute Gasteiger partial charge is 0.412 e. The van der Waals surface area contributed by atoms with Gasteiger partial charge in [0, 0.05) is 0 Å². The van der Waals surface area contributed by atoms with Crippen molar-refractivity contribution >= 4 is 8.63 Å². The fourth-order valence-corrected chi connectivity index (χ4v) is 2.68. The molecule has 0 aliphatic rings. The minimum atomic E-state index is -10.8. The Hall–Kier alpha value is -0.363. The zero-order chi connectivity index (χ0) is 21.1. The molecule has 0 aliphatic carbocycles. The summed E-state index contributed by atoms with van der Waals surface area (Å²) in [6.07, 6.45) is 0. The Morgan fingerprint density at radius 3 is 0.481 bits per heavy atom. The number of nitrogens with zero attached hydrogens (tertiary/aromatic N) is 2. The Morgan fingerprint density at radius 2 is 0.481 bits per heavy atom. The summed E-state index contributed by atoms with van der Waals surface area (Å²) >= 11 is 0. The third-order valence-electron chi connectivity index (χ3n) is 5.37. The Kier molecular flexibility index (Phi) is 18.0. The van der Waals surface area contributed by atoms with E-state index in [1.807, 2.05) is 0 Å². The van der Waals surface area contributed by atoms with Gasteiger partial charge in [-0.15, -0.1) is 0 Å². The molecular weight excluding hydrogens is 394 g/mol. The Balaban J connectivity index is -0.0000000872.